The van der Waals surface area contributed by atoms with Crippen LogP contribution in [0.1, 0.15) is 18.9 Å². The minimum absolute atomic E-state index is 0.146. The number of methoxy groups -OCH3 is 1. The molecule has 3 N–H and O–H groups in total. The Hall–Kier alpha value is -3.29. The fraction of sp³-hybridized carbons (Fsp3) is 0.417. The van der Waals surface area contributed by atoms with Crippen molar-refractivity contribution in [3.05, 3.63) is 59.9 Å². The lowest BCUT2D eigenvalue weighted by Crippen LogP contribution is -2.45. The molecule has 0 bridgehead atoms. The van der Waals surface area contributed by atoms with Crippen molar-refractivity contribution in [3.8, 4) is 5.75 Å². The highest BCUT2D eigenvalue weighted by Gasteiger charge is 2.25. The number of anilines is 1. The molecule has 3 rings (SSSR count). The smallest absolute Gasteiger partial charge is 0.224 e. The van der Waals surface area contributed by atoms with Crippen LogP contribution in [0.3, 0.4) is 0 Å². The molecule has 32 heavy (non-hydrogen) atoms. The van der Waals surface area contributed by atoms with Gasteiger partial charge in [0.2, 0.25) is 5.91 Å². The predicted molar refractivity (Wildman–Crippen MR) is 126 cm³/mol. The molecular weight excluding hydrogens is 409 g/mol. The largest absolute Gasteiger partial charge is 0.495 e. The predicted octanol–water partition coefficient (Wildman–Crippen LogP) is 2.33. The van der Waals surface area contributed by atoms with Gasteiger partial charge in [0.15, 0.2) is 5.96 Å². The van der Waals surface area contributed by atoms with Gasteiger partial charge in [0.25, 0.3) is 0 Å². The lowest BCUT2D eigenvalue weighted by atomic mass is 10.1. The van der Waals surface area contributed by atoms with E-state index in [0.29, 0.717) is 18.7 Å². The number of hydrogen-bond donors (Lipinski definition) is 3. The number of guanidine groups is 1. The van der Waals surface area contributed by atoms with Gasteiger partial charge in [-0.1, -0.05) is 24.3 Å². The van der Waals surface area contributed by atoms with Gasteiger partial charge in [-0.05, 0) is 43.2 Å². The molecule has 1 heterocycles. The first kappa shape index (κ1) is 23.4. The number of carbonyl (C=O) groups is 1. The minimum Gasteiger partial charge on any atom is -0.495 e. The van der Waals surface area contributed by atoms with E-state index in [1.165, 1.54) is 12.1 Å². The van der Waals surface area contributed by atoms with E-state index < -0.39 is 0 Å². The van der Waals surface area contributed by atoms with Crippen LogP contribution in [0.5, 0.6) is 5.75 Å². The van der Waals surface area contributed by atoms with Crippen molar-refractivity contribution in [3.63, 3.8) is 0 Å². The van der Waals surface area contributed by atoms with E-state index in [-0.39, 0.29) is 24.2 Å². The highest BCUT2D eigenvalue weighted by Crippen LogP contribution is 2.30. The van der Waals surface area contributed by atoms with Crippen molar-refractivity contribution in [1.29, 1.82) is 0 Å². The maximum atomic E-state index is 13.2. The van der Waals surface area contributed by atoms with Gasteiger partial charge in [-0.15, -0.1) is 0 Å². The Morgan fingerprint density at radius 2 is 2.06 bits per heavy atom. The molecule has 1 saturated heterocycles. The lowest BCUT2D eigenvalue weighted by Gasteiger charge is -2.22. The summed E-state index contributed by atoms with van der Waals surface area (Å²) in [5.41, 5.74) is 1.75. The minimum atomic E-state index is -0.336. The number of benzene rings is 2. The number of amides is 1. The van der Waals surface area contributed by atoms with Crippen LogP contribution in [0.15, 0.2) is 53.5 Å². The molecule has 172 valence electrons. The van der Waals surface area contributed by atoms with Crippen LogP contribution < -0.4 is 25.6 Å². The van der Waals surface area contributed by atoms with Crippen LogP contribution in [-0.4, -0.2) is 57.7 Å². The normalized spacial score (nSPS) is 16.0. The maximum Gasteiger partial charge on any atom is 0.224 e. The van der Waals surface area contributed by atoms with E-state index in [1.54, 1.807) is 19.2 Å². The van der Waals surface area contributed by atoms with Crippen LogP contribution in [0.4, 0.5) is 10.1 Å². The summed E-state index contributed by atoms with van der Waals surface area (Å²) in [7, 11) is 1.69. The number of nitrogens with zero attached hydrogens (tertiary/aromatic N) is 2. The number of carbonyl (C=O) groups excluding carboxylic acids is 1. The summed E-state index contributed by atoms with van der Waals surface area (Å²) >= 11 is 0. The van der Waals surface area contributed by atoms with Crippen LogP contribution in [-0.2, 0) is 11.2 Å². The highest BCUT2D eigenvalue weighted by atomic mass is 19.1. The third kappa shape index (κ3) is 6.87. The molecule has 0 saturated carbocycles. The fourth-order valence-electron chi connectivity index (χ4n) is 3.76. The SMILES string of the molecule is CCNC(=NCCNC(=O)Cc1cccc(F)c1)NC1CCN(c2ccccc2OC)C1. The Bertz CT molecular complexity index is 921. The van der Waals surface area contributed by atoms with Crippen LogP contribution in [0, 0.1) is 5.82 Å². The zero-order valence-corrected chi connectivity index (χ0v) is 18.7. The molecule has 0 aliphatic carbocycles. The average molecular weight is 442 g/mol. The van der Waals surface area contributed by atoms with E-state index in [4.69, 9.17) is 4.74 Å². The molecule has 1 atom stereocenters. The fourth-order valence-corrected chi connectivity index (χ4v) is 3.76. The number of ether oxygens (including phenoxy) is 1. The van der Waals surface area contributed by atoms with Crippen molar-refractivity contribution >= 4 is 17.6 Å². The van der Waals surface area contributed by atoms with Gasteiger partial charge < -0.3 is 25.6 Å². The lowest BCUT2D eigenvalue weighted by molar-refractivity contribution is -0.120. The Morgan fingerprint density at radius 3 is 2.84 bits per heavy atom. The molecule has 1 unspecified atom stereocenters. The molecule has 0 spiro atoms. The molecule has 1 aliphatic heterocycles. The second-order valence-electron chi connectivity index (χ2n) is 7.67. The summed E-state index contributed by atoms with van der Waals surface area (Å²) in [6.07, 6.45) is 1.15. The van der Waals surface area contributed by atoms with E-state index in [1.807, 2.05) is 25.1 Å². The first-order valence-corrected chi connectivity index (χ1v) is 11.0. The number of halogens is 1. The van der Waals surface area contributed by atoms with Gasteiger partial charge >= 0.3 is 0 Å². The van der Waals surface area contributed by atoms with Gasteiger partial charge in [0.1, 0.15) is 11.6 Å². The third-order valence-corrected chi connectivity index (χ3v) is 5.26. The maximum absolute atomic E-state index is 13.2. The summed E-state index contributed by atoms with van der Waals surface area (Å²) in [6.45, 7) is 5.44. The summed E-state index contributed by atoms with van der Waals surface area (Å²) < 4.78 is 18.7. The molecule has 1 fully saturated rings. The van der Waals surface area contributed by atoms with Gasteiger partial charge in [-0.2, -0.15) is 0 Å². The molecule has 7 nitrogen and oxygen atoms in total. The standard InChI is InChI=1S/C24H32FN5O2/c1-3-26-24(28-13-12-27-23(31)16-18-7-6-8-19(25)15-18)29-20-11-14-30(17-20)21-9-4-5-10-22(21)32-2/h4-10,15,20H,3,11-14,16-17H2,1-2H3,(H,27,31)(H2,26,28,29). The van der Waals surface area contributed by atoms with Gasteiger partial charge in [-0.25, -0.2) is 4.39 Å². The molecule has 1 aliphatic rings. The third-order valence-electron chi connectivity index (χ3n) is 5.26. The summed E-state index contributed by atoms with van der Waals surface area (Å²) in [4.78, 5) is 19.0. The Morgan fingerprint density at radius 1 is 1.22 bits per heavy atom. The first-order valence-electron chi connectivity index (χ1n) is 11.0. The Kier molecular flexibility index (Phi) is 8.71. The topological polar surface area (TPSA) is 78.0 Å². The summed E-state index contributed by atoms with van der Waals surface area (Å²) in [5, 5.41) is 9.59. The Labute approximate surface area is 189 Å². The average Bonchev–Trinajstić information content (AvgIpc) is 3.25. The highest BCUT2D eigenvalue weighted by molar-refractivity contribution is 5.80. The monoisotopic (exact) mass is 441 g/mol. The van der Waals surface area contributed by atoms with E-state index in [9.17, 15) is 9.18 Å². The van der Waals surface area contributed by atoms with Gasteiger partial charge in [-0.3, -0.25) is 9.79 Å². The molecular formula is C24H32FN5O2. The van der Waals surface area contributed by atoms with Crippen LogP contribution in [0.2, 0.25) is 0 Å². The molecule has 8 heteroatoms. The molecule has 2 aromatic carbocycles. The number of aliphatic imine (C=N–C) groups is 1. The van der Waals surface area contributed by atoms with Crippen molar-refractivity contribution in [2.24, 2.45) is 4.99 Å². The Balaban J connectivity index is 1.46. The van der Waals surface area contributed by atoms with Gasteiger partial charge in [0, 0.05) is 32.2 Å². The second kappa shape index (κ2) is 11.9. The number of rotatable bonds is 9. The zero-order valence-electron chi connectivity index (χ0n) is 18.7. The number of nitrogens with one attached hydrogen (secondary N) is 3. The van der Waals surface area contributed by atoms with E-state index >= 15 is 0 Å². The van der Waals surface area contributed by atoms with E-state index in [2.05, 4.69) is 31.9 Å². The molecule has 2 aromatic rings. The molecule has 1 amide bonds. The first-order chi connectivity index (χ1) is 15.6. The van der Waals surface area contributed by atoms with Crippen LogP contribution >= 0.6 is 0 Å². The molecule has 0 aromatic heterocycles. The number of para-hydroxylation sites is 2. The zero-order chi connectivity index (χ0) is 22.8. The van der Waals surface area contributed by atoms with Crippen molar-refractivity contribution in [2.45, 2.75) is 25.8 Å². The summed E-state index contributed by atoms with van der Waals surface area (Å²) in [5.74, 6) is 1.13. The second-order valence-corrected chi connectivity index (χ2v) is 7.67. The van der Waals surface area contributed by atoms with E-state index in [0.717, 1.165) is 43.5 Å². The van der Waals surface area contributed by atoms with Crippen molar-refractivity contribution in [2.75, 3.05) is 44.7 Å². The quantitative estimate of drug-likeness (QED) is 0.316. The van der Waals surface area contributed by atoms with Gasteiger partial charge in [0.05, 0.1) is 25.8 Å². The van der Waals surface area contributed by atoms with Crippen LogP contribution in [0.25, 0.3) is 0 Å². The van der Waals surface area contributed by atoms with Crippen molar-refractivity contribution < 1.29 is 13.9 Å². The number of hydrogen-bond acceptors (Lipinski definition) is 4. The van der Waals surface area contributed by atoms with Crippen molar-refractivity contribution in [1.82, 2.24) is 16.0 Å². The summed E-state index contributed by atoms with van der Waals surface area (Å²) in [6, 6.07) is 14.4. The molecule has 0 radical (unpaired) electrons.